The smallest absolute Gasteiger partial charge is 0.229 e. The summed E-state index contributed by atoms with van der Waals surface area (Å²) in [6, 6.07) is 0. The number of Topliss-reactive ketones (excluding diaryl/α,β-unsaturated/α-hetero) is 1. The van der Waals surface area contributed by atoms with Crippen LogP contribution in [0.5, 0.6) is 0 Å². The molecule has 0 aromatic rings. The van der Waals surface area contributed by atoms with E-state index in [9.17, 15) is 55.9 Å². The highest BCUT2D eigenvalue weighted by atomic mass is 16.7. The fourth-order valence-corrected chi connectivity index (χ4v) is 6.51. The first-order valence-electron chi connectivity index (χ1n) is 14.6. The van der Waals surface area contributed by atoms with Crippen molar-refractivity contribution in [1.82, 2.24) is 0 Å². The molecule has 3 aliphatic heterocycles. The van der Waals surface area contributed by atoms with Crippen LogP contribution in [0.1, 0.15) is 39.0 Å². The van der Waals surface area contributed by atoms with Gasteiger partial charge in [0.15, 0.2) is 6.29 Å². The highest BCUT2D eigenvalue weighted by molar-refractivity contribution is 5.97. The van der Waals surface area contributed by atoms with E-state index < -0.39 is 122 Å². The molecular weight excluding hydrogens is 580 g/mol. The number of fused-ring (bicyclic) bond motifs is 1. The van der Waals surface area contributed by atoms with Gasteiger partial charge in [-0.05, 0) is 26.2 Å². The van der Waals surface area contributed by atoms with Gasteiger partial charge in [0.25, 0.3) is 0 Å². The predicted molar refractivity (Wildman–Crippen MR) is 137 cm³/mol. The van der Waals surface area contributed by atoms with Gasteiger partial charge in [0, 0.05) is 18.8 Å². The quantitative estimate of drug-likeness (QED) is 0.134. The molecule has 10 N–H and O–H groups in total. The van der Waals surface area contributed by atoms with Crippen LogP contribution in [0.4, 0.5) is 0 Å². The van der Waals surface area contributed by atoms with Crippen molar-refractivity contribution in [2.45, 2.75) is 131 Å². The summed E-state index contributed by atoms with van der Waals surface area (Å²) in [6.45, 7) is 0.896. The molecule has 2 aliphatic carbocycles. The second kappa shape index (κ2) is 13.1. The van der Waals surface area contributed by atoms with Gasteiger partial charge in [-0.1, -0.05) is 0 Å². The minimum atomic E-state index is -1.88. The van der Waals surface area contributed by atoms with E-state index >= 15 is 0 Å². The molecule has 4 fully saturated rings. The highest BCUT2D eigenvalue weighted by Gasteiger charge is 2.53. The zero-order valence-electron chi connectivity index (χ0n) is 23.5. The molecule has 0 bridgehead atoms. The molecule has 17 atom stereocenters. The van der Waals surface area contributed by atoms with Crippen molar-refractivity contribution < 1.29 is 79.5 Å². The van der Waals surface area contributed by atoms with Crippen LogP contribution in [0, 0.1) is 11.8 Å². The number of carbonyl (C=O) groups excluding carboxylic acids is 1. The summed E-state index contributed by atoms with van der Waals surface area (Å²) in [5.74, 6) is -2.86. The lowest BCUT2D eigenvalue weighted by Crippen LogP contribution is -2.61. The molecular formula is C27H42O16. The molecule has 0 spiro atoms. The van der Waals surface area contributed by atoms with Crippen LogP contribution in [-0.4, -0.2) is 155 Å². The Morgan fingerprint density at radius 1 is 0.721 bits per heavy atom. The van der Waals surface area contributed by atoms with Crippen molar-refractivity contribution in [1.29, 1.82) is 0 Å². The lowest BCUT2D eigenvalue weighted by atomic mass is 9.75. The number of hydrogen-bond acceptors (Lipinski definition) is 16. The van der Waals surface area contributed by atoms with Crippen LogP contribution >= 0.6 is 0 Å². The minimum absolute atomic E-state index is 0.00764. The monoisotopic (exact) mass is 622 g/mol. The summed E-state index contributed by atoms with van der Waals surface area (Å²) < 4.78 is 28.5. The molecule has 0 aromatic carbocycles. The van der Waals surface area contributed by atoms with E-state index in [1.54, 1.807) is 0 Å². The van der Waals surface area contributed by atoms with E-state index in [1.807, 2.05) is 0 Å². The van der Waals surface area contributed by atoms with E-state index in [0.29, 0.717) is 6.42 Å². The first kappa shape index (κ1) is 32.9. The number of ketones is 1. The Morgan fingerprint density at radius 3 is 2.09 bits per heavy atom. The number of aliphatic hydroxyl groups is 10. The van der Waals surface area contributed by atoms with E-state index in [2.05, 4.69) is 0 Å². The molecule has 5 rings (SSSR count). The number of rotatable bonds is 6. The maximum absolute atomic E-state index is 13.8. The van der Waals surface area contributed by atoms with E-state index in [0.717, 1.165) is 0 Å². The first-order valence-corrected chi connectivity index (χ1v) is 14.6. The zero-order valence-corrected chi connectivity index (χ0v) is 23.5. The summed E-state index contributed by atoms with van der Waals surface area (Å²) in [7, 11) is 0. The molecule has 13 unspecified atom stereocenters. The third-order valence-electron chi connectivity index (χ3n) is 9.15. The molecule has 0 radical (unpaired) electrons. The van der Waals surface area contributed by atoms with Gasteiger partial charge in [-0.2, -0.15) is 0 Å². The van der Waals surface area contributed by atoms with Crippen LogP contribution in [0.15, 0.2) is 11.5 Å². The third kappa shape index (κ3) is 6.44. The number of hydrogen-bond donors (Lipinski definition) is 10. The third-order valence-corrected chi connectivity index (χ3v) is 9.15. The van der Waals surface area contributed by atoms with E-state index in [4.69, 9.17) is 23.7 Å². The molecule has 43 heavy (non-hydrogen) atoms. The highest BCUT2D eigenvalue weighted by Crippen LogP contribution is 2.43. The van der Waals surface area contributed by atoms with Crippen LogP contribution in [0.25, 0.3) is 0 Å². The van der Waals surface area contributed by atoms with Crippen LogP contribution in [0.3, 0.4) is 0 Å². The number of allylic oxidation sites excluding steroid dienone is 2. The Bertz CT molecular complexity index is 1020. The molecule has 5 aliphatic rings. The normalized spacial score (nSPS) is 51.0. The predicted octanol–water partition coefficient (Wildman–Crippen LogP) is -4.51. The SMILES string of the molecule is CC1O[C@@H](OCC2O[C@@H](OC3=C(C4CCC(O)C(O)C4)OC4CC(O)CC(O)C4C3=O)C(O)C(O)[C@@H]2O)C(O)C(O)[C@H]1O. The molecule has 3 heterocycles. The summed E-state index contributed by atoms with van der Waals surface area (Å²) >= 11 is 0. The van der Waals surface area contributed by atoms with Crippen molar-refractivity contribution in [2.24, 2.45) is 11.8 Å². The van der Waals surface area contributed by atoms with Crippen molar-refractivity contribution in [3.8, 4) is 0 Å². The van der Waals surface area contributed by atoms with Gasteiger partial charge in [0.2, 0.25) is 17.8 Å². The second-order valence-electron chi connectivity index (χ2n) is 12.2. The van der Waals surface area contributed by atoms with Crippen LogP contribution in [-0.2, 0) is 28.5 Å². The van der Waals surface area contributed by atoms with Gasteiger partial charge < -0.3 is 74.7 Å². The van der Waals surface area contributed by atoms with Crippen molar-refractivity contribution in [3.05, 3.63) is 11.5 Å². The summed E-state index contributed by atoms with van der Waals surface area (Å²) in [6.07, 6.45) is -20.3. The van der Waals surface area contributed by atoms with Crippen molar-refractivity contribution in [2.75, 3.05) is 6.61 Å². The lowest BCUT2D eigenvalue weighted by Gasteiger charge is -2.45. The van der Waals surface area contributed by atoms with E-state index in [1.165, 1.54) is 6.92 Å². The molecule has 2 saturated carbocycles. The Morgan fingerprint density at radius 2 is 1.40 bits per heavy atom. The first-order chi connectivity index (χ1) is 20.3. The Labute approximate surface area is 246 Å². The Balaban J connectivity index is 1.37. The maximum atomic E-state index is 13.8. The average Bonchev–Trinajstić information content (AvgIpc) is 2.96. The van der Waals surface area contributed by atoms with Crippen LogP contribution in [0.2, 0.25) is 0 Å². The average molecular weight is 623 g/mol. The van der Waals surface area contributed by atoms with Gasteiger partial charge >= 0.3 is 0 Å². The number of aliphatic hydroxyl groups excluding tert-OH is 10. The molecule has 16 nitrogen and oxygen atoms in total. The number of ether oxygens (including phenoxy) is 5. The molecule has 246 valence electrons. The maximum Gasteiger partial charge on any atom is 0.229 e. The minimum Gasteiger partial charge on any atom is -0.489 e. The Hall–Kier alpha value is -1.51. The summed E-state index contributed by atoms with van der Waals surface area (Å²) in [5, 5.41) is 103. The molecule has 0 aromatic heterocycles. The largest absolute Gasteiger partial charge is 0.489 e. The fraction of sp³-hybridized carbons (Fsp3) is 0.889. The molecule has 2 saturated heterocycles. The topological polar surface area (TPSA) is 266 Å². The Kier molecular flexibility index (Phi) is 10.00. The molecule has 0 amide bonds. The van der Waals surface area contributed by atoms with Gasteiger partial charge in [0.05, 0.1) is 43.0 Å². The van der Waals surface area contributed by atoms with E-state index in [-0.39, 0.29) is 31.4 Å². The van der Waals surface area contributed by atoms with Gasteiger partial charge in [0.1, 0.15) is 54.6 Å². The van der Waals surface area contributed by atoms with Gasteiger partial charge in [-0.25, -0.2) is 0 Å². The van der Waals surface area contributed by atoms with Crippen molar-refractivity contribution >= 4 is 5.78 Å². The zero-order chi connectivity index (χ0) is 31.3. The number of carbonyl (C=O) groups is 1. The lowest BCUT2D eigenvalue weighted by molar-refractivity contribution is -0.324. The van der Waals surface area contributed by atoms with Gasteiger partial charge in [-0.3, -0.25) is 4.79 Å². The standard InChI is InChI=1S/C27H42O16/c1-8-17(32)20(35)22(37)26(40-8)39-7-15-18(33)21(36)23(38)27(42-15)43-25-19(34)16-13(31)5-10(28)6-14(16)41-24(25)9-2-3-11(29)12(30)4-9/h8-18,20-23,26-33,35-38H,2-7H2,1H3/t8?,9?,10?,11?,12?,13?,14?,15?,16?,17-,18+,20?,21?,22?,23?,26+,27-/m0/s1. The van der Waals surface area contributed by atoms with Crippen molar-refractivity contribution in [3.63, 3.8) is 0 Å². The second-order valence-corrected chi connectivity index (χ2v) is 12.2. The summed E-state index contributed by atoms with van der Waals surface area (Å²) in [4.78, 5) is 13.8. The fourth-order valence-electron chi connectivity index (χ4n) is 6.51. The molecule has 16 heteroatoms. The van der Waals surface area contributed by atoms with Crippen LogP contribution < -0.4 is 0 Å². The van der Waals surface area contributed by atoms with Gasteiger partial charge in [-0.15, -0.1) is 0 Å². The summed E-state index contributed by atoms with van der Waals surface area (Å²) in [5.41, 5.74) is 0.